The number of nitrogens with zero attached hydrogens (tertiary/aromatic N) is 2. The van der Waals surface area contributed by atoms with Gasteiger partial charge in [0.15, 0.2) is 11.4 Å². The molecule has 0 bridgehead atoms. The van der Waals surface area contributed by atoms with Crippen molar-refractivity contribution in [3.05, 3.63) is 172 Å². The Morgan fingerprint density at radius 2 is 0.854 bits per heavy atom. The molecule has 0 saturated carbocycles. The van der Waals surface area contributed by atoms with E-state index in [4.69, 9.17) is 0 Å². The van der Waals surface area contributed by atoms with Gasteiger partial charge in [-0.15, -0.1) is 0 Å². The number of hydrogen-bond acceptors (Lipinski definition) is 5. The molecule has 48 heavy (non-hydrogen) atoms. The van der Waals surface area contributed by atoms with Crippen molar-refractivity contribution >= 4 is 0 Å². The van der Waals surface area contributed by atoms with Gasteiger partial charge in [0.2, 0.25) is 0 Å². The molecular weight excluding hydrogens is 592 g/mol. The highest BCUT2D eigenvalue weighted by molar-refractivity contribution is 5.45. The van der Waals surface area contributed by atoms with E-state index in [0.29, 0.717) is 18.6 Å². The second-order valence-corrected chi connectivity index (χ2v) is 13.6. The minimum atomic E-state index is -1.28. The largest absolute Gasteiger partial charge is 0.507 e. The number of benzene rings is 5. The molecule has 2 fully saturated rings. The van der Waals surface area contributed by atoms with Crippen LogP contribution < -0.4 is 0 Å². The summed E-state index contributed by atoms with van der Waals surface area (Å²) >= 11 is 0. The molecule has 2 saturated heterocycles. The molecular formula is C43H46N2O3. The smallest absolute Gasteiger partial charge is 0.171 e. The van der Waals surface area contributed by atoms with Crippen LogP contribution in [0.2, 0.25) is 0 Å². The molecule has 5 heteroatoms. The first-order chi connectivity index (χ1) is 23.4. The van der Waals surface area contributed by atoms with Gasteiger partial charge in [0, 0.05) is 47.4 Å². The molecule has 0 amide bonds. The van der Waals surface area contributed by atoms with Crippen LogP contribution in [0.25, 0.3) is 0 Å². The summed E-state index contributed by atoms with van der Waals surface area (Å²) in [5.41, 5.74) is 3.77. The Hall–Kier alpha value is -4.26. The van der Waals surface area contributed by atoms with Crippen molar-refractivity contribution in [3.8, 4) is 5.75 Å². The van der Waals surface area contributed by atoms with E-state index >= 15 is 0 Å². The van der Waals surface area contributed by atoms with Gasteiger partial charge in [-0.05, 0) is 56.6 Å². The van der Waals surface area contributed by atoms with E-state index in [-0.39, 0.29) is 12.1 Å². The van der Waals surface area contributed by atoms with E-state index in [9.17, 15) is 15.3 Å². The maximum Gasteiger partial charge on any atom is 0.171 e. The van der Waals surface area contributed by atoms with Gasteiger partial charge in [0.1, 0.15) is 5.75 Å². The van der Waals surface area contributed by atoms with Crippen LogP contribution >= 0.6 is 0 Å². The number of aliphatic hydroxyl groups is 2. The number of phenols is 1. The van der Waals surface area contributed by atoms with Crippen LogP contribution in [0.3, 0.4) is 0 Å². The van der Waals surface area contributed by atoms with Crippen molar-refractivity contribution in [2.24, 2.45) is 0 Å². The first-order valence-corrected chi connectivity index (χ1v) is 17.4. The fourth-order valence-electron chi connectivity index (χ4n) is 8.38. The third kappa shape index (κ3) is 5.97. The van der Waals surface area contributed by atoms with Gasteiger partial charge in [-0.25, -0.2) is 0 Å². The Morgan fingerprint density at radius 1 is 0.542 bits per heavy atom. The molecule has 3 N–H and O–H groups in total. The molecule has 0 radical (unpaired) electrons. The molecule has 2 atom stereocenters. The lowest BCUT2D eigenvalue weighted by Crippen LogP contribution is -2.50. The highest BCUT2D eigenvalue weighted by Gasteiger charge is 2.46. The van der Waals surface area contributed by atoms with Crippen molar-refractivity contribution < 1.29 is 15.3 Å². The van der Waals surface area contributed by atoms with Gasteiger partial charge >= 0.3 is 0 Å². The molecule has 7 rings (SSSR count). The van der Waals surface area contributed by atoms with E-state index in [1.165, 1.54) is 0 Å². The maximum absolute atomic E-state index is 12.6. The molecule has 5 nitrogen and oxygen atoms in total. The van der Waals surface area contributed by atoms with E-state index in [1.807, 2.05) is 121 Å². The number of likely N-dealkylation sites (tertiary alicyclic amines) is 2. The Morgan fingerprint density at radius 3 is 1.17 bits per heavy atom. The number of phenolic OH excluding ortho intramolecular Hbond substituents is 1. The molecule has 0 spiro atoms. The zero-order valence-corrected chi connectivity index (χ0v) is 27.7. The quantitative estimate of drug-likeness (QED) is 0.148. The number of rotatable bonds is 10. The third-order valence-corrected chi connectivity index (χ3v) is 10.6. The van der Waals surface area contributed by atoms with Crippen molar-refractivity contribution in [1.29, 1.82) is 0 Å². The lowest BCUT2D eigenvalue weighted by molar-refractivity contribution is -0.0883. The predicted molar refractivity (Wildman–Crippen MR) is 191 cm³/mol. The minimum Gasteiger partial charge on any atom is -0.507 e. The third-order valence-electron chi connectivity index (χ3n) is 10.6. The topological polar surface area (TPSA) is 67.2 Å². The first-order valence-electron chi connectivity index (χ1n) is 17.4. The van der Waals surface area contributed by atoms with Crippen LogP contribution in [-0.4, -0.2) is 50.3 Å². The standard InChI is InChI=1S/C43H46N2O3/c1-32-28-33(30-39-24-14-26-44(39)42(47,35-16-6-2-7-17-35)36-18-8-3-9-19-36)41(46)34(29-32)31-40-25-15-27-45(40)43(48,37-20-10-4-11-21-37)38-22-12-5-13-23-38/h2-13,16-23,28-29,39-40,46-48H,14-15,24-27,30-31H2,1H3/t39-,40-/m0/s1. The highest BCUT2D eigenvalue weighted by Crippen LogP contribution is 2.43. The minimum absolute atomic E-state index is 0.0418. The summed E-state index contributed by atoms with van der Waals surface area (Å²) < 4.78 is 0. The lowest BCUT2D eigenvalue weighted by Gasteiger charge is -2.42. The summed E-state index contributed by atoms with van der Waals surface area (Å²) in [7, 11) is 0. The number of hydrogen-bond donors (Lipinski definition) is 3. The second kappa shape index (κ2) is 13.7. The summed E-state index contributed by atoms with van der Waals surface area (Å²) in [6.45, 7) is 3.62. The number of aryl methyl sites for hydroxylation is 1. The van der Waals surface area contributed by atoms with Crippen molar-refractivity contribution in [1.82, 2.24) is 9.80 Å². The Labute approximate surface area is 284 Å². The summed E-state index contributed by atoms with van der Waals surface area (Å²) in [5, 5.41) is 37.1. The Bertz CT molecular complexity index is 1590. The monoisotopic (exact) mass is 638 g/mol. The summed E-state index contributed by atoms with van der Waals surface area (Å²) in [6, 6.07) is 44.1. The summed E-state index contributed by atoms with van der Waals surface area (Å²) in [5.74, 6) is 0.338. The van der Waals surface area contributed by atoms with Crippen LogP contribution in [0.4, 0.5) is 0 Å². The van der Waals surface area contributed by atoms with Crippen LogP contribution in [0.5, 0.6) is 5.75 Å². The first kappa shape index (κ1) is 32.3. The van der Waals surface area contributed by atoms with E-state index < -0.39 is 11.4 Å². The maximum atomic E-state index is 12.6. The zero-order chi connectivity index (χ0) is 33.1. The van der Waals surface area contributed by atoms with Crippen LogP contribution in [-0.2, 0) is 24.3 Å². The zero-order valence-electron chi connectivity index (χ0n) is 27.7. The van der Waals surface area contributed by atoms with Gasteiger partial charge in [-0.2, -0.15) is 0 Å². The van der Waals surface area contributed by atoms with Crippen molar-refractivity contribution in [3.63, 3.8) is 0 Å². The fraction of sp³-hybridized carbons (Fsp3) is 0.302. The normalized spacial score (nSPS) is 19.1. The average molecular weight is 639 g/mol. The van der Waals surface area contributed by atoms with Gasteiger partial charge in [0.05, 0.1) is 0 Å². The van der Waals surface area contributed by atoms with Gasteiger partial charge in [-0.1, -0.05) is 139 Å². The van der Waals surface area contributed by atoms with E-state index in [1.54, 1.807) is 0 Å². The van der Waals surface area contributed by atoms with Crippen LogP contribution in [0.1, 0.15) is 64.6 Å². The average Bonchev–Trinajstić information content (AvgIpc) is 3.81. The molecule has 2 heterocycles. The second-order valence-electron chi connectivity index (χ2n) is 13.6. The molecule has 5 aromatic carbocycles. The van der Waals surface area contributed by atoms with Gasteiger partial charge in [-0.3, -0.25) is 9.80 Å². The highest BCUT2D eigenvalue weighted by atomic mass is 16.3. The van der Waals surface area contributed by atoms with Crippen LogP contribution in [0, 0.1) is 6.92 Å². The molecule has 2 aliphatic heterocycles. The molecule has 246 valence electrons. The predicted octanol–water partition coefficient (Wildman–Crippen LogP) is 7.50. The van der Waals surface area contributed by atoms with Gasteiger partial charge in [0.25, 0.3) is 0 Å². The SMILES string of the molecule is Cc1cc(C[C@@H]2CCCN2C(O)(c2ccccc2)c2ccccc2)c(O)c(C[C@@H]2CCCN2C(O)(c2ccccc2)c2ccccc2)c1. The molecule has 0 unspecified atom stereocenters. The molecule has 5 aromatic rings. The Kier molecular flexibility index (Phi) is 9.21. The van der Waals surface area contributed by atoms with Gasteiger partial charge < -0.3 is 15.3 Å². The van der Waals surface area contributed by atoms with Crippen molar-refractivity contribution in [2.45, 2.75) is 69.0 Å². The van der Waals surface area contributed by atoms with Crippen LogP contribution in [0.15, 0.2) is 133 Å². The fourth-order valence-corrected chi connectivity index (χ4v) is 8.38. The summed E-state index contributed by atoms with van der Waals surface area (Å²) in [4.78, 5) is 4.47. The Balaban J connectivity index is 1.19. The molecule has 2 aliphatic rings. The van der Waals surface area contributed by atoms with E-state index in [0.717, 1.165) is 77.7 Å². The summed E-state index contributed by atoms with van der Waals surface area (Å²) in [6.07, 6.45) is 5.08. The van der Waals surface area contributed by atoms with Crippen molar-refractivity contribution in [2.75, 3.05) is 13.1 Å². The van der Waals surface area contributed by atoms with E-state index in [2.05, 4.69) is 28.9 Å². The molecule has 0 aliphatic carbocycles. The number of aromatic hydroxyl groups is 1. The lowest BCUT2D eigenvalue weighted by atomic mass is 9.89. The molecule has 0 aromatic heterocycles.